The maximum atomic E-state index is 13.0. The van der Waals surface area contributed by atoms with E-state index in [1.807, 2.05) is 25.7 Å². The number of alkyl carbamates (subject to hydrolysis) is 1. The summed E-state index contributed by atoms with van der Waals surface area (Å²) in [6, 6.07) is -0.562. The number of carbonyl (C=O) groups is 3. The van der Waals surface area contributed by atoms with Crippen molar-refractivity contribution in [2.45, 2.75) is 64.6 Å². The van der Waals surface area contributed by atoms with Crippen LogP contribution in [0.15, 0.2) is 0 Å². The lowest BCUT2D eigenvalue weighted by molar-refractivity contribution is -0.136. The van der Waals surface area contributed by atoms with E-state index < -0.39 is 12.1 Å². The smallest absolute Gasteiger partial charge is 0.407 e. The zero-order valence-electron chi connectivity index (χ0n) is 15.0. The normalized spacial score (nSPS) is 26.9. The molecule has 0 aromatic rings. The minimum Gasteiger partial charge on any atom is -0.453 e. The molecule has 0 bridgehead atoms. The fourth-order valence-electron chi connectivity index (χ4n) is 3.91. The summed E-state index contributed by atoms with van der Waals surface area (Å²) in [7, 11) is 1.29. The van der Waals surface area contributed by atoms with E-state index >= 15 is 0 Å². The number of carbonyl (C=O) groups excluding carboxylic acids is 3. The Morgan fingerprint density at radius 3 is 2.50 bits per heavy atom. The Kier molecular flexibility index (Phi) is 6.07. The van der Waals surface area contributed by atoms with E-state index in [9.17, 15) is 14.4 Å². The summed E-state index contributed by atoms with van der Waals surface area (Å²) >= 11 is 0. The van der Waals surface area contributed by atoms with Gasteiger partial charge in [-0.05, 0) is 31.1 Å². The first-order valence-corrected chi connectivity index (χ1v) is 8.83. The van der Waals surface area contributed by atoms with Crippen molar-refractivity contribution >= 4 is 17.9 Å². The number of likely N-dealkylation sites (tertiary alicyclic amines) is 1. The molecule has 1 saturated heterocycles. The quantitative estimate of drug-likeness (QED) is 0.790. The number of nitrogens with one attached hydrogen (secondary N) is 2. The molecule has 136 valence electrons. The lowest BCUT2D eigenvalue weighted by Gasteiger charge is -2.33. The van der Waals surface area contributed by atoms with Crippen LogP contribution in [0, 0.1) is 11.8 Å². The fourth-order valence-corrected chi connectivity index (χ4v) is 3.91. The predicted molar refractivity (Wildman–Crippen MR) is 89.2 cm³/mol. The summed E-state index contributed by atoms with van der Waals surface area (Å²) in [5.74, 6) is 0.330. The molecule has 0 aromatic carbocycles. The third-order valence-electron chi connectivity index (χ3n) is 5.19. The van der Waals surface area contributed by atoms with Gasteiger partial charge in [-0.25, -0.2) is 4.79 Å². The molecule has 2 rings (SSSR count). The van der Waals surface area contributed by atoms with Crippen LogP contribution in [0.5, 0.6) is 0 Å². The molecule has 2 N–H and O–H groups in total. The maximum Gasteiger partial charge on any atom is 0.407 e. The second-order valence-electron chi connectivity index (χ2n) is 7.03. The van der Waals surface area contributed by atoms with Crippen LogP contribution >= 0.6 is 0 Å². The monoisotopic (exact) mass is 339 g/mol. The third-order valence-corrected chi connectivity index (χ3v) is 5.19. The molecule has 2 aliphatic rings. The summed E-state index contributed by atoms with van der Waals surface area (Å²) in [6.45, 7) is 6.31. The molecule has 1 saturated carbocycles. The van der Waals surface area contributed by atoms with Crippen LogP contribution in [-0.2, 0) is 14.3 Å². The van der Waals surface area contributed by atoms with E-state index in [1.165, 1.54) is 7.11 Å². The largest absolute Gasteiger partial charge is 0.453 e. The van der Waals surface area contributed by atoms with Crippen LogP contribution in [0.4, 0.5) is 4.79 Å². The van der Waals surface area contributed by atoms with E-state index in [-0.39, 0.29) is 29.8 Å². The lowest BCUT2D eigenvalue weighted by atomic mass is 10.00. The van der Waals surface area contributed by atoms with Gasteiger partial charge in [0.15, 0.2) is 0 Å². The molecule has 4 unspecified atom stereocenters. The molecule has 1 heterocycles. The Hall–Kier alpha value is -1.79. The van der Waals surface area contributed by atoms with E-state index in [1.54, 1.807) is 0 Å². The highest BCUT2D eigenvalue weighted by molar-refractivity contribution is 5.86. The van der Waals surface area contributed by atoms with Crippen molar-refractivity contribution in [2.24, 2.45) is 11.8 Å². The average Bonchev–Trinajstić information content (AvgIpc) is 3.14. The van der Waals surface area contributed by atoms with Gasteiger partial charge in [-0.1, -0.05) is 20.8 Å². The van der Waals surface area contributed by atoms with Crippen LogP contribution in [-0.4, -0.2) is 54.6 Å². The van der Waals surface area contributed by atoms with Gasteiger partial charge in [0.2, 0.25) is 11.8 Å². The summed E-state index contributed by atoms with van der Waals surface area (Å²) in [6.07, 6.45) is 2.74. The Morgan fingerprint density at radius 2 is 1.92 bits per heavy atom. The third kappa shape index (κ3) is 3.82. The molecule has 24 heavy (non-hydrogen) atoms. The standard InChI is InChI=1S/C17H29N3O4/c1-5-13(21)18-12-7-6-11-8-9-20(15(11)12)16(22)14(10(2)3)19-17(23)24-4/h10-12,14-15H,5-9H2,1-4H3,(H,18,21)(H,19,23). The van der Waals surface area contributed by atoms with Crippen LogP contribution in [0.25, 0.3) is 0 Å². The number of amides is 3. The van der Waals surface area contributed by atoms with Gasteiger partial charge in [0.1, 0.15) is 6.04 Å². The van der Waals surface area contributed by atoms with E-state index in [4.69, 9.17) is 0 Å². The van der Waals surface area contributed by atoms with Gasteiger partial charge in [0.25, 0.3) is 0 Å². The van der Waals surface area contributed by atoms with Crippen LogP contribution in [0.3, 0.4) is 0 Å². The number of fused-ring (bicyclic) bond motifs is 1. The number of rotatable bonds is 5. The number of ether oxygens (including phenoxy) is 1. The van der Waals surface area contributed by atoms with Gasteiger partial charge in [-0.3, -0.25) is 9.59 Å². The zero-order valence-corrected chi connectivity index (χ0v) is 15.0. The molecule has 3 amide bonds. The molecular weight excluding hydrogens is 310 g/mol. The van der Waals surface area contributed by atoms with Crippen molar-refractivity contribution < 1.29 is 19.1 Å². The first kappa shape index (κ1) is 18.5. The van der Waals surface area contributed by atoms with Crippen molar-refractivity contribution in [1.82, 2.24) is 15.5 Å². The lowest BCUT2D eigenvalue weighted by Crippen LogP contribution is -2.56. The number of nitrogens with zero attached hydrogens (tertiary/aromatic N) is 1. The van der Waals surface area contributed by atoms with E-state index in [2.05, 4.69) is 15.4 Å². The molecule has 4 atom stereocenters. The summed E-state index contributed by atoms with van der Waals surface area (Å²) in [5, 5.41) is 5.71. The summed E-state index contributed by atoms with van der Waals surface area (Å²) < 4.78 is 4.64. The molecule has 0 radical (unpaired) electrons. The molecular formula is C17H29N3O4. The van der Waals surface area contributed by atoms with Crippen LogP contribution < -0.4 is 10.6 Å². The molecule has 2 fully saturated rings. The molecule has 0 aromatic heterocycles. The molecule has 0 spiro atoms. The van der Waals surface area contributed by atoms with Crippen LogP contribution in [0.2, 0.25) is 0 Å². The van der Waals surface area contributed by atoms with E-state index in [0.29, 0.717) is 18.9 Å². The molecule has 1 aliphatic carbocycles. The molecule has 7 nitrogen and oxygen atoms in total. The summed E-state index contributed by atoms with van der Waals surface area (Å²) in [4.78, 5) is 38.2. The second-order valence-corrected chi connectivity index (χ2v) is 7.03. The van der Waals surface area contributed by atoms with Gasteiger partial charge < -0.3 is 20.3 Å². The van der Waals surface area contributed by atoms with Gasteiger partial charge in [0, 0.05) is 19.0 Å². The highest BCUT2D eigenvalue weighted by atomic mass is 16.5. The maximum absolute atomic E-state index is 13.0. The molecule has 7 heteroatoms. The Bertz CT molecular complexity index is 494. The Balaban J connectivity index is 2.12. The van der Waals surface area contributed by atoms with Gasteiger partial charge in [0.05, 0.1) is 13.2 Å². The minimum atomic E-state index is -0.612. The average molecular weight is 339 g/mol. The SMILES string of the molecule is CCC(=O)NC1CCC2CCN(C(=O)C(NC(=O)OC)C(C)C)C21. The first-order valence-electron chi connectivity index (χ1n) is 8.83. The second kappa shape index (κ2) is 7.85. The highest BCUT2D eigenvalue weighted by Crippen LogP contribution is 2.38. The van der Waals surface area contributed by atoms with Crippen molar-refractivity contribution in [2.75, 3.05) is 13.7 Å². The van der Waals surface area contributed by atoms with Crippen molar-refractivity contribution in [3.05, 3.63) is 0 Å². The minimum absolute atomic E-state index is 0.0137. The topological polar surface area (TPSA) is 87.7 Å². The number of hydrogen-bond donors (Lipinski definition) is 2. The van der Waals surface area contributed by atoms with Gasteiger partial charge >= 0.3 is 6.09 Å². The van der Waals surface area contributed by atoms with Gasteiger partial charge in [-0.2, -0.15) is 0 Å². The van der Waals surface area contributed by atoms with Crippen LogP contribution in [0.1, 0.15) is 46.5 Å². The number of methoxy groups -OCH3 is 1. The number of hydrogen-bond acceptors (Lipinski definition) is 4. The predicted octanol–water partition coefficient (Wildman–Crippen LogP) is 1.27. The van der Waals surface area contributed by atoms with Crippen molar-refractivity contribution in [1.29, 1.82) is 0 Å². The Labute approximate surface area is 143 Å². The zero-order chi connectivity index (χ0) is 17.9. The molecule has 1 aliphatic heterocycles. The summed E-state index contributed by atoms with van der Waals surface area (Å²) in [5.41, 5.74) is 0. The Morgan fingerprint density at radius 1 is 1.21 bits per heavy atom. The first-order chi connectivity index (χ1) is 11.4. The highest BCUT2D eigenvalue weighted by Gasteiger charge is 2.48. The van der Waals surface area contributed by atoms with Gasteiger partial charge in [-0.15, -0.1) is 0 Å². The van der Waals surface area contributed by atoms with E-state index in [0.717, 1.165) is 19.3 Å². The van der Waals surface area contributed by atoms with Crippen molar-refractivity contribution in [3.8, 4) is 0 Å². The fraction of sp³-hybridized carbons (Fsp3) is 0.824. The van der Waals surface area contributed by atoms with Crippen molar-refractivity contribution in [3.63, 3.8) is 0 Å².